The average Bonchev–Trinajstić information content (AvgIpc) is 2.91. The molecule has 8 atom stereocenters. The lowest BCUT2D eigenvalue weighted by Gasteiger charge is -2.68. The Morgan fingerprint density at radius 3 is 2.18 bits per heavy atom. The number of hydrogen-bond acceptors (Lipinski definition) is 6. The van der Waals surface area contributed by atoms with Gasteiger partial charge in [0, 0.05) is 12.3 Å². The van der Waals surface area contributed by atoms with Gasteiger partial charge < -0.3 is 9.47 Å². The van der Waals surface area contributed by atoms with Gasteiger partial charge in [0.25, 0.3) is 0 Å². The minimum atomic E-state index is -1.54. The summed E-state index contributed by atoms with van der Waals surface area (Å²) in [5, 5.41) is 0. The lowest BCUT2D eigenvalue weighted by atomic mass is 9.34. The smallest absolute Gasteiger partial charge is 0.321 e. The predicted octanol–water partition coefficient (Wildman–Crippen LogP) is 4.69. The van der Waals surface area contributed by atoms with Gasteiger partial charge in [0.15, 0.2) is 11.6 Å². The van der Waals surface area contributed by atoms with Gasteiger partial charge >= 0.3 is 11.9 Å². The van der Waals surface area contributed by atoms with Crippen molar-refractivity contribution in [3.8, 4) is 0 Å². The fourth-order valence-electron chi connectivity index (χ4n) is 9.43. The van der Waals surface area contributed by atoms with Crippen LogP contribution in [0, 0.1) is 44.8 Å². The van der Waals surface area contributed by atoms with Crippen molar-refractivity contribution in [1.29, 1.82) is 0 Å². The molecule has 6 nitrogen and oxygen atoms in total. The molecule has 3 saturated carbocycles. The Bertz CT molecular complexity index is 1010. The summed E-state index contributed by atoms with van der Waals surface area (Å²) in [6.45, 7) is 15.5. The molecule has 0 aliphatic heterocycles. The molecule has 0 heterocycles. The number of hydrogen-bond donors (Lipinski definition) is 0. The van der Waals surface area contributed by atoms with Gasteiger partial charge in [0.1, 0.15) is 11.5 Å². The molecule has 0 amide bonds. The first kappa shape index (κ1) is 25.1. The zero-order valence-electron chi connectivity index (χ0n) is 22.2. The molecule has 0 radical (unpaired) electrons. The Balaban J connectivity index is 1.95. The Labute approximate surface area is 203 Å². The molecule has 34 heavy (non-hydrogen) atoms. The van der Waals surface area contributed by atoms with E-state index in [0.29, 0.717) is 6.42 Å². The molecule has 6 heteroatoms. The second-order valence-electron chi connectivity index (χ2n) is 12.6. The molecular formula is C28H40O6. The quantitative estimate of drug-likeness (QED) is 0.329. The molecule has 3 fully saturated rings. The first-order valence-corrected chi connectivity index (χ1v) is 12.6. The van der Waals surface area contributed by atoms with Gasteiger partial charge in [0.05, 0.1) is 18.4 Å². The summed E-state index contributed by atoms with van der Waals surface area (Å²) >= 11 is 0. The van der Waals surface area contributed by atoms with Crippen LogP contribution in [0.1, 0.15) is 81.1 Å². The summed E-state index contributed by atoms with van der Waals surface area (Å²) in [7, 11) is 1.32. The standard InChI is InChI=1S/C28H40O6/c1-15-14-19-25(6)12-11-20(34-17(3)29)24(4,5)18(25)10-13-26(19,7)28(23(32)33-9)22(31)16(2)21(30)27(15,28)8/h14,16,18-20H,10-13H2,1-9H3/t16?,18-,19+,20+,25-,26+,27+,28-/m1/s1. The lowest BCUT2D eigenvalue weighted by molar-refractivity contribution is -0.218. The van der Waals surface area contributed by atoms with Crippen molar-refractivity contribution in [2.75, 3.05) is 7.11 Å². The van der Waals surface area contributed by atoms with Gasteiger partial charge in [-0.2, -0.15) is 0 Å². The number of Topliss-reactive ketones (excluding diaryl/α,β-unsaturated/α-hetero) is 2. The van der Waals surface area contributed by atoms with Crippen LogP contribution >= 0.6 is 0 Å². The number of fused-ring (bicyclic) bond motifs is 5. The van der Waals surface area contributed by atoms with E-state index in [1.807, 2.05) is 13.8 Å². The van der Waals surface area contributed by atoms with E-state index in [1.54, 1.807) is 13.8 Å². The van der Waals surface area contributed by atoms with Gasteiger partial charge in [-0.3, -0.25) is 19.2 Å². The molecule has 1 unspecified atom stereocenters. The minimum Gasteiger partial charge on any atom is -0.468 e. The highest BCUT2D eigenvalue weighted by Crippen LogP contribution is 2.76. The molecule has 0 N–H and O–H groups in total. The van der Waals surface area contributed by atoms with E-state index in [1.165, 1.54) is 14.0 Å². The molecule has 0 aromatic heterocycles. The number of methoxy groups -OCH3 is 1. The van der Waals surface area contributed by atoms with E-state index in [4.69, 9.17) is 9.47 Å². The van der Waals surface area contributed by atoms with Gasteiger partial charge in [-0.15, -0.1) is 0 Å². The monoisotopic (exact) mass is 472 g/mol. The van der Waals surface area contributed by atoms with Crippen molar-refractivity contribution in [1.82, 2.24) is 0 Å². The number of carbonyl (C=O) groups is 4. The van der Waals surface area contributed by atoms with E-state index >= 15 is 0 Å². The maximum absolute atomic E-state index is 14.0. The van der Waals surface area contributed by atoms with Crippen LogP contribution < -0.4 is 0 Å². The van der Waals surface area contributed by atoms with Crippen molar-refractivity contribution in [3.63, 3.8) is 0 Å². The van der Waals surface area contributed by atoms with E-state index in [-0.39, 0.29) is 46.3 Å². The first-order valence-electron chi connectivity index (χ1n) is 12.6. The fraction of sp³-hybridized carbons (Fsp3) is 0.786. The zero-order chi connectivity index (χ0) is 25.6. The van der Waals surface area contributed by atoms with E-state index in [2.05, 4.69) is 26.8 Å². The molecule has 188 valence electrons. The van der Waals surface area contributed by atoms with Crippen molar-refractivity contribution in [2.45, 2.75) is 87.2 Å². The highest BCUT2D eigenvalue weighted by molar-refractivity contribution is 6.25. The highest BCUT2D eigenvalue weighted by Gasteiger charge is 2.82. The van der Waals surface area contributed by atoms with Crippen LogP contribution in [0.2, 0.25) is 0 Å². The number of carbonyl (C=O) groups excluding carboxylic acids is 4. The third-order valence-corrected chi connectivity index (χ3v) is 11.1. The Hall–Kier alpha value is -1.98. The second kappa shape index (κ2) is 7.27. The Kier molecular flexibility index (Phi) is 5.37. The number of ether oxygens (including phenoxy) is 2. The summed E-state index contributed by atoms with van der Waals surface area (Å²) < 4.78 is 11.1. The summed E-state index contributed by atoms with van der Waals surface area (Å²) in [5.41, 5.74) is -3.21. The van der Waals surface area contributed by atoms with Crippen LogP contribution in [-0.4, -0.2) is 36.7 Å². The van der Waals surface area contributed by atoms with Crippen molar-refractivity contribution in [2.24, 2.45) is 44.8 Å². The topological polar surface area (TPSA) is 86.7 Å². The molecule has 4 rings (SSSR count). The van der Waals surface area contributed by atoms with Gasteiger partial charge in [-0.05, 0) is 69.1 Å². The van der Waals surface area contributed by atoms with Crippen LogP contribution in [0.25, 0.3) is 0 Å². The van der Waals surface area contributed by atoms with Crippen LogP contribution in [0.3, 0.4) is 0 Å². The van der Waals surface area contributed by atoms with E-state index in [9.17, 15) is 19.2 Å². The first-order chi connectivity index (χ1) is 15.6. The van der Waals surface area contributed by atoms with Gasteiger partial charge in [-0.1, -0.05) is 39.3 Å². The molecule has 4 aliphatic rings. The maximum atomic E-state index is 14.0. The summed E-state index contributed by atoms with van der Waals surface area (Å²) in [6, 6.07) is 0. The van der Waals surface area contributed by atoms with Crippen LogP contribution in [0.4, 0.5) is 0 Å². The Morgan fingerprint density at radius 2 is 1.62 bits per heavy atom. The lowest BCUT2D eigenvalue weighted by Crippen LogP contribution is -2.69. The normalized spacial score (nSPS) is 47.1. The fourth-order valence-corrected chi connectivity index (χ4v) is 9.43. The predicted molar refractivity (Wildman–Crippen MR) is 126 cm³/mol. The van der Waals surface area contributed by atoms with Crippen LogP contribution in [0.5, 0.6) is 0 Å². The van der Waals surface area contributed by atoms with E-state index < -0.39 is 28.1 Å². The SMILES string of the molecule is COC(=O)[C@@]12C(=O)C(C)C(=O)[C@]1(C)C(C)=C[C@H]1[C@]3(C)CC[C@H](OC(C)=O)C(C)(C)[C@H]3CC[C@@]12C. The maximum Gasteiger partial charge on any atom is 0.321 e. The van der Waals surface area contributed by atoms with Crippen molar-refractivity contribution >= 4 is 23.5 Å². The molecule has 0 bridgehead atoms. The molecule has 0 aromatic rings. The largest absolute Gasteiger partial charge is 0.468 e. The molecule has 0 aromatic carbocycles. The highest BCUT2D eigenvalue weighted by atomic mass is 16.5. The van der Waals surface area contributed by atoms with Gasteiger partial charge in [-0.25, -0.2) is 0 Å². The van der Waals surface area contributed by atoms with Gasteiger partial charge in [0.2, 0.25) is 0 Å². The van der Waals surface area contributed by atoms with Crippen molar-refractivity contribution in [3.05, 3.63) is 11.6 Å². The zero-order valence-corrected chi connectivity index (χ0v) is 22.2. The minimum absolute atomic E-state index is 0.0921. The number of ketones is 2. The molecule has 0 saturated heterocycles. The molecule has 4 aliphatic carbocycles. The van der Waals surface area contributed by atoms with Crippen LogP contribution in [0.15, 0.2) is 11.6 Å². The average molecular weight is 473 g/mol. The molecular weight excluding hydrogens is 432 g/mol. The molecule has 0 spiro atoms. The summed E-state index contributed by atoms with van der Waals surface area (Å²) in [5.74, 6) is -2.02. The second-order valence-corrected chi connectivity index (χ2v) is 12.6. The van der Waals surface area contributed by atoms with Crippen molar-refractivity contribution < 1.29 is 28.7 Å². The Morgan fingerprint density at radius 1 is 1.00 bits per heavy atom. The number of allylic oxidation sites excluding steroid dienone is 2. The third-order valence-electron chi connectivity index (χ3n) is 11.1. The van der Waals surface area contributed by atoms with Crippen LogP contribution in [-0.2, 0) is 28.7 Å². The summed E-state index contributed by atoms with van der Waals surface area (Å²) in [4.78, 5) is 53.2. The van der Waals surface area contributed by atoms with E-state index in [0.717, 1.165) is 24.8 Å². The number of rotatable bonds is 2. The third kappa shape index (κ3) is 2.53. The number of esters is 2. The summed E-state index contributed by atoms with van der Waals surface area (Å²) in [6.07, 6.45) is 4.98.